The lowest BCUT2D eigenvalue weighted by molar-refractivity contribution is 0.109. The molecule has 0 aromatic carbocycles. The van der Waals surface area contributed by atoms with Crippen LogP contribution >= 0.6 is 0 Å². The van der Waals surface area contributed by atoms with E-state index in [-0.39, 0.29) is 17.7 Å². The molecule has 1 aromatic rings. The average molecular weight is 195 g/mol. The van der Waals surface area contributed by atoms with Gasteiger partial charge in [-0.05, 0) is 13.3 Å². The number of methoxy groups -OCH3 is 1. The average Bonchev–Trinajstić information content (AvgIpc) is 2.55. The molecule has 1 aromatic heterocycles. The molecule has 0 bridgehead atoms. The molecule has 0 aliphatic heterocycles. The van der Waals surface area contributed by atoms with Gasteiger partial charge in [-0.3, -0.25) is 0 Å². The minimum atomic E-state index is 0.0903. The zero-order chi connectivity index (χ0) is 10.6. The fourth-order valence-corrected chi connectivity index (χ4v) is 1.01. The Kier molecular flexibility index (Phi) is 3.48. The summed E-state index contributed by atoms with van der Waals surface area (Å²) >= 11 is 0. The van der Waals surface area contributed by atoms with Crippen molar-refractivity contribution in [3.8, 4) is 6.07 Å². The summed E-state index contributed by atoms with van der Waals surface area (Å²) in [4.78, 5) is 3.93. The normalized spacial score (nSPS) is 12.4. The van der Waals surface area contributed by atoms with Gasteiger partial charge < -0.3 is 14.9 Å². The first-order valence-electron chi connectivity index (χ1n) is 4.35. The highest BCUT2D eigenvalue weighted by molar-refractivity contribution is 5.40. The van der Waals surface area contributed by atoms with Crippen LogP contribution in [-0.2, 0) is 11.2 Å². The molecule has 5 nitrogen and oxygen atoms in total. The van der Waals surface area contributed by atoms with E-state index in [1.165, 1.54) is 0 Å². The smallest absolute Gasteiger partial charge is 0.229 e. The maximum absolute atomic E-state index is 8.58. The van der Waals surface area contributed by atoms with E-state index in [0.717, 1.165) is 6.42 Å². The summed E-state index contributed by atoms with van der Waals surface area (Å²) in [5, 5.41) is 8.58. The minimum Gasteiger partial charge on any atom is -0.424 e. The molecule has 0 aliphatic carbocycles. The topological polar surface area (TPSA) is 85.1 Å². The molecule has 0 radical (unpaired) electrons. The third kappa shape index (κ3) is 2.47. The zero-order valence-corrected chi connectivity index (χ0v) is 8.28. The van der Waals surface area contributed by atoms with E-state index in [1.807, 2.05) is 13.0 Å². The van der Waals surface area contributed by atoms with Gasteiger partial charge in [0.1, 0.15) is 6.07 Å². The summed E-state index contributed by atoms with van der Waals surface area (Å²) in [6, 6.07) is 1.86. The number of ether oxygens (including phenoxy) is 1. The van der Waals surface area contributed by atoms with Crippen LogP contribution in [0.25, 0.3) is 0 Å². The zero-order valence-electron chi connectivity index (χ0n) is 8.28. The fraction of sp³-hybridized carbons (Fsp3) is 0.556. The summed E-state index contributed by atoms with van der Waals surface area (Å²) < 4.78 is 10.2. The monoisotopic (exact) mass is 195 g/mol. The third-order valence-corrected chi connectivity index (χ3v) is 1.97. The van der Waals surface area contributed by atoms with Crippen molar-refractivity contribution in [1.29, 1.82) is 5.26 Å². The fourth-order valence-electron chi connectivity index (χ4n) is 1.01. The van der Waals surface area contributed by atoms with Crippen LogP contribution in [0.2, 0.25) is 0 Å². The highest BCUT2D eigenvalue weighted by atomic mass is 16.5. The van der Waals surface area contributed by atoms with Gasteiger partial charge in [0.15, 0.2) is 5.89 Å². The number of aromatic nitrogens is 1. The van der Waals surface area contributed by atoms with Crippen molar-refractivity contribution < 1.29 is 9.15 Å². The number of hydrogen-bond acceptors (Lipinski definition) is 5. The molecule has 1 heterocycles. The Morgan fingerprint density at radius 1 is 1.71 bits per heavy atom. The summed E-state index contributed by atoms with van der Waals surface area (Å²) in [6.07, 6.45) is 1.57. The second-order valence-electron chi connectivity index (χ2n) is 3.02. The van der Waals surface area contributed by atoms with E-state index < -0.39 is 0 Å². The number of nitrogen functional groups attached to an aromatic ring is 1. The van der Waals surface area contributed by atoms with Gasteiger partial charge >= 0.3 is 0 Å². The standard InChI is InChI=1S/C9H13N3O2/c1-6(13-2)3-4-8-12-7(5-10)9(11)14-8/h6H,3-4,11H2,1-2H3. The molecule has 0 saturated carbocycles. The van der Waals surface area contributed by atoms with Crippen LogP contribution in [0.15, 0.2) is 4.42 Å². The molecular formula is C9H13N3O2. The van der Waals surface area contributed by atoms with E-state index in [0.29, 0.717) is 12.3 Å². The Morgan fingerprint density at radius 2 is 2.43 bits per heavy atom. The van der Waals surface area contributed by atoms with E-state index in [2.05, 4.69) is 4.98 Å². The number of nitriles is 1. The number of hydrogen-bond donors (Lipinski definition) is 1. The van der Waals surface area contributed by atoms with Crippen LogP contribution in [0.1, 0.15) is 24.9 Å². The first kappa shape index (κ1) is 10.5. The first-order valence-corrected chi connectivity index (χ1v) is 4.35. The summed E-state index contributed by atoms with van der Waals surface area (Å²) in [7, 11) is 1.65. The van der Waals surface area contributed by atoms with Gasteiger partial charge in [0.2, 0.25) is 11.6 Å². The predicted octanol–water partition coefficient (Wildman–Crippen LogP) is 1.10. The third-order valence-electron chi connectivity index (χ3n) is 1.97. The molecular weight excluding hydrogens is 182 g/mol. The Balaban J connectivity index is 2.56. The van der Waals surface area contributed by atoms with E-state index in [4.69, 9.17) is 20.1 Å². The summed E-state index contributed by atoms with van der Waals surface area (Å²) in [6.45, 7) is 1.96. The molecule has 0 saturated heterocycles. The van der Waals surface area contributed by atoms with Gasteiger partial charge in [-0.25, -0.2) is 4.98 Å². The van der Waals surface area contributed by atoms with Crippen molar-refractivity contribution in [2.45, 2.75) is 25.9 Å². The molecule has 2 N–H and O–H groups in total. The SMILES string of the molecule is COC(C)CCc1nc(C#N)c(N)o1. The van der Waals surface area contributed by atoms with Gasteiger partial charge in [0.25, 0.3) is 0 Å². The van der Waals surface area contributed by atoms with Crippen LogP contribution in [0.3, 0.4) is 0 Å². The number of rotatable bonds is 4. The molecule has 76 valence electrons. The van der Waals surface area contributed by atoms with Gasteiger partial charge in [-0.1, -0.05) is 0 Å². The maximum atomic E-state index is 8.58. The Bertz CT molecular complexity index is 340. The van der Waals surface area contributed by atoms with E-state index in [1.54, 1.807) is 7.11 Å². The van der Waals surface area contributed by atoms with Crippen LogP contribution < -0.4 is 5.73 Å². The van der Waals surface area contributed by atoms with Crippen molar-refractivity contribution in [1.82, 2.24) is 4.98 Å². The Morgan fingerprint density at radius 3 is 2.93 bits per heavy atom. The van der Waals surface area contributed by atoms with Crippen molar-refractivity contribution in [3.05, 3.63) is 11.6 Å². The number of nitrogens with two attached hydrogens (primary N) is 1. The molecule has 0 aliphatic rings. The van der Waals surface area contributed by atoms with Crippen molar-refractivity contribution in [2.24, 2.45) is 0 Å². The van der Waals surface area contributed by atoms with Gasteiger partial charge in [0.05, 0.1) is 6.10 Å². The maximum Gasteiger partial charge on any atom is 0.229 e. The molecule has 0 fully saturated rings. The highest BCUT2D eigenvalue weighted by Gasteiger charge is 2.10. The van der Waals surface area contributed by atoms with Crippen LogP contribution in [0, 0.1) is 11.3 Å². The van der Waals surface area contributed by atoms with Gasteiger partial charge in [-0.2, -0.15) is 5.26 Å². The summed E-state index contributed by atoms with van der Waals surface area (Å²) in [5.41, 5.74) is 5.57. The number of oxazole rings is 1. The van der Waals surface area contributed by atoms with E-state index in [9.17, 15) is 0 Å². The lowest BCUT2D eigenvalue weighted by Gasteiger charge is -2.05. The van der Waals surface area contributed by atoms with Gasteiger partial charge in [0, 0.05) is 13.5 Å². The predicted molar refractivity (Wildman–Crippen MR) is 50.4 cm³/mol. The van der Waals surface area contributed by atoms with Crippen LogP contribution in [-0.4, -0.2) is 18.2 Å². The highest BCUT2D eigenvalue weighted by Crippen LogP contribution is 2.14. The summed E-state index contributed by atoms with van der Waals surface area (Å²) in [5.74, 6) is 0.579. The molecule has 5 heteroatoms. The lowest BCUT2D eigenvalue weighted by atomic mass is 10.2. The van der Waals surface area contributed by atoms with E-state index >= 15 is 0 Å². The molecule has 0 spiro atoms. The molecule has 1 unspecified atom stereocenters. The van der Waals surface area contributed by atoms with Crippen LogP contribution in [0.5, 0.6) is 0 Å². The quantitative estimate of drug-likeness (QED) is 0.777. The lowest BCUT2D eigenvalue weighted by Crippen LogP contribution is -2.05. The number of nitrogens with zero attached hydrogens (tertiary/aromatic N) is 2. The second-order valence-corrected chi connectivity index (χ2v) is 3.02. The van der Waals surface area contributed by atoms with Gasteiger partial charge in [-0.15, -0.1) is 0 Å². The Labute approximate surface area is 82.5 Å². The van der Waals surface area contributed by atoms with Crippen LogP contribution in [0.4, 0.5) is 5.88 Å². The largest absolute Gasteiger partial charge is 0.424 e. The van der Waals surface area contributed by atoms with Crippen molar-refractivity contribution >= 4 is 5.88 Å². The van der Waals surface area contributed by atoms with Crippen molar-refractivity contribution in [2.75, 3.05) is 12.8 Å². The number of aryl methyl sites for hydroxylation is 1. The first-order chi connectivity index (χ1) is 6.67. The molecule has 0 amide bonds. The Hall–Kier alpha value is -1.54. The second kappa shape index (κ2) is 4.63. The van der Waals surface area contributed by atoms with Crippen molar-refractivity contribution in [3.63, 3.8) is 0 Å². The molecule has 14 heavy (non-hydrogen) atoms. The molecule has 1 atom stereocenters. The molecule has 1 rings (SSSR count). The number of anilines is 1. The minimum absolute atomic E-state index is 0.0903.